The third-order valence-electron chi connectivity index (χ3n) is 5.01. The number of carbonyl (C=O) groups is 1. The summed E-state index contributed by atoms with van der Waals surface area (Å²) in [6, 6.07) is 8.82. The Kier molecular flexibility index (Phi) is 5.91. The van der Waals surface area contributed by atoms with Crippen LogP contribution in [0.15, 0.2) is 29.3 Å². The average molecular weight is 343 g/mol. The molecule has 0 saturated heterocycles. The zero-order valence-corrected chi connectivity index (χ0v) is 15.2. The van der Waals surface area contributed by atoms with E-state index in [4.69, 9.17) is 0 Å². The monoisotopic (exact) mass is 343 g/mol. The second-order valence-electron chi connectivity index (χ2n) is 6.78. The van der Waals surface area contributed by atoms with E-state index in [1.165, 1.54) is 18.4 Å². The molecule has 1 aliphatic heterocycles. The molecule has 0 bridgehead atoms. The van der Waals surface area contributed by atoms with Crippen molar-refractivity contribution in [3.63, 3.8) is 0 Å². The van der Waals surface area contributed by atoms with Crippen molar-refractivity contribution in [3.8, 4) is 0 Å². The van der Waals surface area contributed by atoms with Crippen LogP contribution in [0.25, 0.3) is 0 Å². The first-order valence-electron chi connectivity index (χ1n) is 9.28. The van der Waals surface area contributed by atoms with Crippen LogP contribution in [0.2, 0.25) is 0 Å². The lowest BCUT2D eigenvalue weighted by Crippen LogP contribution is -2.43. The Labute approximate surface area is 150 Å². The maximum atomic E-state index is 11.9. The number of hydrogen-bond donors (Lipinski definition) is 3. The zero-order valence-electron chi connectivity index (χ0n) is 15.2. The molecule has 1 unspecified atom stereocenters. The molecular weight excluding hydrogens is 314 g/mol. The largest absolute Gasteiger partial charge is 0.356 e. The van der Waals surface area contributed by atoms with Gasteiger partial charge in [-0.05, 0) is 31.0 Å². The SMILES string of the molecule is CCN(CCNC(=NC)NCC1CC(=O)Nc2ccccc21)C1CC1. The van der Waals surface area contributed by atoms with E-state index in [0.717, 1.165) is 37.3 Å². The number of nitrogens with one attached hydrogen (secondary N) is 3. The van der Waals surface area contributed by atoms with Gasteiger partial charge in [-0.2, -0.15) is 0 Å². The molecule has 1 aliphatic carbocycles. The van der Waals surface area contributed by atoms with Gasteiger partial charge in [0.1, 0.15) is 0 Å². The molecule has 1 atom stereocenters. The topological polar surface area (TPSA) is 68.8 Å². The lowest BCUT2D eigenvalue weighted by molar-refractivity contribution is -0.116. The molecule has 2 aliphatic rings. The first kappa shape index (κ1) is 17.7. The normalized spacial score (nSPS) is 20.2. The van der Waals surface area contributed by atoms with Crippen molar-refractivity contribution in [2.75, 3.05) is 38.5 Å². The maximum Gasteiger partial charge on any atom is 0.225 e. The molecular formula is C19H29N5O. The Balaban J connectivity index is 1.49. The summed E-state index contributed by atoms with van der Waals surface area (Å²) in [6.07, 6.45) is 3.18. The van der Waals surface area contributed by atoms with Crippen LogP contribution in [0.3, 0.4) is 0 Å². The predicted molar refractivity (Wildman–Crippen MR) is 102 cm³/mol. The number of guanidine groups is 1. The lowest BCUT2D eigenvalue weighted by Gasteiger charge is -2.26. The van der Waals surface area contributed by atoms with E-state index in [9.17, 15) is 4.79 Å². The highest BCUT2D eigenvalue weighted by Crippen LogP contribution is 2.31. The minimum absolute atomic E-state index is 0.0801. The average Bonchev–Trinajstić information content (AvgIpc) is 3.46. The summed E-state index contributed by atoms with van der Waals surface area (Å²) in [5, 5.41) is 9.71. The lowest BCUT2D eigenvalue weighted by atomic mass is 9.90. The Morgan fingerprint density at radius 2 is 2.12 bits per heavy atom. The van der Waals surface area contributed by atoms with Gasteiger partial charge in [-0.1, -0.05) is 25.1 Å². The summed E-state index contributed by atoms with van der Waals surface area (Å²) in [5.41, 5.74) is 2.12. The van der Waals surface area contributed by atoms with Crippen LogP contribution in [-0.2, 0) is 4.79 Å². The third-order valence-corrected chi connectivity index (χ3v) is 5.01. The fraction of sp³-hybridized carbons (Fsp3) is 0.579. The van der Waals surface area contributed by atoms with Crippen LogP contribution in [0, 0.1) is 0 Å². The fourth-order valence-electron chi connectivity index (χ4n) is 3.48. The summed E-state index contributed by atoms with van der Waals surface area (Å²) in [6.45, 7) is 5.94. The molecule has 6 nitrogen and oxygen atoms in total. The van der Waals surface area contributed by atoms with Crippen molar-refractivity contribution in [2.45, 2.75) is 38.1 Å². The summed E-state index contributed by atoms with van der Waals surface area (Å²) in [5.74, 6) is 1.05. The van der Waals surface area contributed by atoms with Crippen LogP contribution in [0.5, 0.6) is 0 Å². The van der Waals surface area contributed by atoms with Gasteiger partial charge in [-0.25, -0.2) is 0 Å². The van der Waals surface area contributed by atoms with E-state index in [2.05, 4.69) is 38.8 Å². The first-order valence-corrected chi connectivity index (χ1v) is 9.28. The van der Waals surface area contributed by atoms with Crippen molar-refractivity contribution >= 4 is 17.6 Å². The highest BCUT2D eigenvalue weighted by Gasteiger charge is 2.27. The number of carbonyl (C=O) groups excluding carboxylic acids is 1. The van der Waals surface area contributed by atoms with Gasteiger partial charge in [0.05, 0.1) is 0 Å². The number of fused-ring (bicyclic) bond motifs is 1. The van der Waals surface area contributed by atoms with E-state index in [1.807, 2.05) is 18.2 Å². The Bertz CT molecular complexity index is 626. The summed E-state index contributed by atoms with van der Waals surface area (Å²) in [4.78, 5) is 18.7. The number of hydrogen-bond acceptors (Lipinski definition) is 3. The molecule has 1 amide bonds. The second kappa shape index (κ2) is 8.34. The summed E-state index contributed by atoms with van der Waals surface area (Å²) < 4.78 is 0. The molecule has 3 N–H and O–H groups in total. The number of likely N-dealkylation sites (N-methyl/N-ethyl adjacent to an activating group) is 1. The number of anilines is 1. The van der Waals surface area contributed by atoms with Crippen molar-refractivity contribution in [2.24, 2.45) is 4.99 Å². The van der Waals surface area contributed by atoms with E-state index in [1.54, 1.807) is 7.05 Å². The van der Waals surface area contributed by atoms with Crippen molar-refractivity contribution < 1.29 is 4.79 Å². The minimum atomic E-state index is 0.0801. The molecule has 0 aromatic heterocycles. The molecule has 0 spiro atoms. The van der Waals surface area contributed by atoms with Crippen LogP contribution < -0.4 is 16.0 Å². The molecule has 1 heterocycles. The molecule has 1 aromatic rings. The van der Waals surface area contributed by atoms with E-state index in [-0.39, 0.29) is 11.8 Å². The quantitative estimate of drug-likeness (QED) is 0.521. The molecule has 136 valence electrons. The molecule has 3 rings (SSSR count). The maximum absolute atomic E-state index is 11.9. The predicted octanol–water partition coefficient (Wildman–Crippen LogP) is 1.76. The van der Waals surface area contributed by atoms with Gasteiger partial charge < -0.3 is 16.0 Å². The van der Waals surface area contributed by atoms with Gasteiger partial charge in [-0.3, -0.25) is 14.7 Å². The third kappa shape index (κ3) is 4.72. The van der Waals surface area contributed by atoms with Crippen LogP contribution >= 0.6 is 0 Å². The number of benzene rings is 1. The number of rotatable bonds is 7. The van der Waals surface area contributed by atoms with Gasteiger partial charge in [0.2, 0.25) is 5.91 Å². The highest BCUT2D eigenvalue weighted by molar-refractivity contribution is 5.94. The van der Waals surface area contributed by atoms with Gasteiger partial charge in [0, 0.05) is 50.7 Å². The van der Waals surface area contributed by atoms with Crippen molar-refractivity contribution in [3.05, 3.63) is 29.8 Å². The van der Waals surface area contributed by atoms with E-state index in [0.29, 0.717) is 13.0 Å². The second-order valence-corrected chi connectivity index (χ2v) is 6.78. The molecule has 1 aromatic carbocycles. The summed E-state index contributed by atoms with van der Waals surface area (Å²) in [7, 11) is 1.79. The minimum Gasteiger partial charge on any atom is -0.356 e. The molecule has 1 fully saturated rings. The number of nitrogens with zero attached hydrogens (tertiary/aromatic N) is 2. The number of aliphatic imine (C=N–C) groups is 1. The van der Waals surface area contributed by atoms with E-state index >= 15 is 0 Å². The van der Waals surface area contributed by atoms with Gasteiger partial charge in [-0.15, -0.1) is 0 Å². The highest BCUT2D eigenvalue weighted by atomic mass is 16.1. The Hall–Kier alpha value is -2.08. The van der Waals surface area contributed by atoms with E-state index < -0.39 is 0 Å². The smallest absolute Gasteiger partial charge is 0.225 e. The molecule has 1 saturated carbocycles. The molecule has 25 heavy (non-hydrogen) atoms. The number of amides is 1. The van der Waals surface area contributed by atoms with Crippen molar-refractivity contribution in [1.29, 1.82) is 0 Å². The standard InChI is InChI=1S/C19H29N5O/c1-3-24(15-8-9-15)11-10-21-19(20-2)22-13-14-12-18(25)23-17-7-5-4-6-16(14)17/h4-7,14-15H,3,8-13H2,1-2H3,(H,23,25)(H2,20,21,22). The van der Waals surface area contributed by atoms with Gasteiger partial charge in [0.25, 0.3) is 0 Å². The zero-order chi connectivity index (χ0) is 17.6. The Morgan fingerprint density at radius 1 is 1.32 bits per heavy atom. The van der Waals surface area contributed by atoms with Crippen LogP contribution in [0.1, 0.15) is 37.7 Å². The molecule has 0 radical (unpaired) electrons. The van der Waals surface area contributed by atoms with Crippen LogP contribution in [0.4, 0.5) is 5.69 Å². The fourth-order valence-corrected chi connectivity index (χ4v) is 3.48. The van der Waals surface area contributed by atoms with Gasteiger partial charge in [0.15, 0.2) is 5.96 Å². The van der Waals surface area contributed by atoms with Crippen molar-refractivity contribution in [1.82, 2.24) is 15.5 Å². The Morgan fingerprint density at radius 3 is 2.84 bits per heavy atom. The van der Waals surface area contributed by atoms with Crippen LogP contribution in [-0.4, -0.2) is 56.0 Å². The molecule has 6 heteroatoms. The van der Waals surface area contributed by atoms with Gasteiger partial charge >= 0.3 is 0 Å². The first-order chi connectivity index (χ1) is 12.2. The number of para-hydroxylation sites is 1. The summed E-state index contributed by atoms with van der Waals surface area (Å²) >= 11 is 0.